The molecule has 2 amide bonds. The molecule has 2 heterocycles. The van der Waals surface area contributed by atoms with Crippen LogP contribution in [0.4, 0.5) is 4.79 Å². The summed E-state index contributed by atoms with van der Waals surface area (Å²) in [5.41, 5.74) is 0.330. The van der Waals surface area contributed by atoms with Gasteiger partial charge in [-0.2, -0.15) is 0 Å². The largest absolute Gasteiger partial charge is 0.369 e. The fourth-order valence-corrected chi connectivity index (χ4v) is 4.01. The van der Waals surface area contributed by atoms with Gasteiger partial charge in [0.05, 0.1) is 13.2 Å². The Kier molecular flexibility index (Phi) is 4.14. The molecule has 5 nitrogen and oxygen atoms in total. The lowest BCUT2D eigenvalue weighted by molar-refractivity contribution is -0.125. The van der Waals surface area contributed by atoms with Crippen molar-refractivity contribution in [3.63, 3.8) is 0 Å². The molecular weight excluding hydrogens is 266 g/mol. The second-order valence-corrected chi connectivity index (χ2v) is 7.87. The zero-order chi connectivity index (χ0) is 14.9. The van der Waals surface area contributed by atoms with E-state index in [4.69, 9.17) is 4.74 Å². The first-order valence-corrected chi connectivity index (χ1v) is 8.36. The fourth-order valence-electron chi connectivity index (χ4n) is 4.01. The van der Waals surface area contributed by atoms with Gasteiger partial charge in [0.1, 0.15) is 5.60 Å². The second-order valence-electron chi connectivity index (χ2n) is 7.87. The van der Waals surface area contributed by atoms with E-state index in [1.54, 1.807) is 0 Å². The van der Waals surface area contributed by atoms with Crippen LogP contribution in [0.25, 0.3) is 0 Å². The summed E-state index contributed by atoms with van der Waals surface area (Å²) < 4.78 is 5.82. The van der Waals surface area contributed by atoms with E-state index in [1.165, 1.54) is 25.7 Å². The standard InChI is InChI=1S/C16H29N3O2/c1-15(2)5-3-4-13(8-15)9-18-14(20)19-6-7-21-16(12-19)10-17-11-16/h13,17H,3-12H2,1-2H3,(H,18,20). The molecule has 3 fully saturated rings. The monoisotopic (exact) mass is 295 g/mol. The Bertz CT molecular complexity index is 393. The fraction of sp³-hybridized carbons (Fsp3) is 0.938. The van der Waals surface area contributed by atoms with Crippen molar-refractivity contribution in [3.05, 3.63) is 0 Å². The molecule has 1 saturated carbocycles. The summed E-state index contributed by atoms with van der Waals surface area (Å²) in [5, 5.41) is 6.40. The first kappa shape index (κ1) is 15.1. The molecule has 3 rings (SSSR count). The average molecular weight is 295 g/mol. The number of amides is 2. The molecule has 2 N–H and O–H groups in total. The molecule has 1 atom stereocenters. The smallest absolute Gasteiger partial charge is 0.317 e. The van der Waals surface area contributed by atoms with Crippen LogP contribution in [0, 0.1) is 11.3 Å². The molecular formula is C16H29N3O2. The summed E-state index contributed by atoms with van der Waals surface area (Å²) in [4.78, 5) is 14.3. The molecule has 0 aromatic carbocycles. The van der Waals surface area contributed by atoms with E-state index in [2.05, 4.69) is 24.5 Å². The molecule has 0 radical (unpaired) electrons. The van der Waals surface area contributed by atoms with Crippen molar-refractivity contribution in [3.8, 4) is 0 Å². The van der Waals surface area contributed by atoms with Gasteiger partial charge < -0.3 is 20.3 Å². The molecule has 3 aliphatic rings. The Balaban J connectivity index is 1.45. The molecule has 0 aromatic rings. The SMILES string of the molecule is CC1(C)CCCC(CNC(=O)N2CCOC3(CNC3)C2)C1. The molecule has 2 saturated heterocycles. The lowest BCUT2D eigenvalue weighted by Crippen LogP contribution is -2.70. The zero-order valence-electron chi connectivity index (χ0n) is 13.4. The number of carbonyl (C=O) groups excluding carboxylic acids is 1. The second kappa shape index (κ2) is 5.76. The van der Waals surface area contributed by atoms with Crippen LogP contribution in [-0.4, -0.2) is 55.9 Å². The van der Waals surface area contributed by atoms with Crippen LogP contribution in [0.2, 0.25) is 0 Å². The molecule has 21 heavy (non-hydrogen) atoms. The molecule has 1 unspecified atom stereocenters. The summed E-state index contributed by atoms with van der Waals surface area (Å²) in [6, 6.07) is 0.0907. The minimum absolute atomic E-state index is 0.0907. The molecule has 2 aliphatic heterocycles. The van der Waals surface area contributed by atoms with Gasteiger partial charge in [-0.1, -0.05) is 20.3 Å². The lowest BCUT2D eigenvalue weighted by atomic mass is 9.72. The third-order valence-electron chi connectivity index (χ3n) is 5.28. The zero-order valence-corrected chi connectivity index (χ0v) is 13.4. The third-order valence-corrected chi connectivity index (χ3v) is 5.28. The third kappa shape index (κ3) is 3.51. The Morgan fingerprint density at radius 3 is 2.90 bits per heavy atom. The van der Waals surface area contributed by atoms with Crippen molar-refractivity contribution < 1.29 is 9.53 Å². The first-order valence-electron chi connectivity index (χ1n) is 8.36. The lowest BCUT2D eigenvalue weighted by Gasteiger charge is -2.48. The molecule has 0 bridgehead atoms. The van der Waals surface area contributed by atoms with Crippen molar-refractivity contribution in [1.82, 2.24) is 15.5 Å². The summed E-state index contributed by atoms with van der Waals surface area (Å²) in [7, 11) is 0. The van der Waals surface area contributed by atoms with Gasteiger partial charge in [0.2, 0.25) is 0 Å². The van der Waals surface area contributed by atoms with Gasteiger partial charge >= 0.3 is 6.03 Å². The number of carbonyl (C=O) groups is 1. The number of morpholine rings is 1. The molecule has 5 heteroatoms. The number of nitrogens with one attached hydrogen (secondary N) is 2. The topological polar surface area (TPSA) is 53.6 Å². The number of nitrogens with zero attached hydrogens (tertiary/aromatic N) is 1. The van der Waals surface area contributed by atoms with Crippen LogP contribution in [0.3, 0.4) is 0 Å². The average Bonchev–Trinajstić information content (AvgIpc) is 2.42. The summed E-state index contributed by atoms with van der Waals surface area (Å²) >= 11 is 0. The van der Waals surface area contributed by atoms with Gasteiger partial charge in [-0.05, 0) is 30.6 Å². The van der Waals surface area contributed by atoms with E-state index >= 15 is 0 Å². The maximum atomic E-state index is 12.4. The number of hydrogen-bond acceptors (Lipinski definition) is 3. The molecule has 120 valence electrons. The van der Waals surface area contributed by atoms with Crippen molar-refractivity contribution in [2.45, 2.75) is 45.1 Å². The summed E-state index contributed by atoms with van der Waals surface area (Å²) in [6.45, 7) is 9.34. The van der Waals surface area contributed by atoms with E-state index < -0.39 is 0 Å². The van der Waals surface area contributed by atoms with Gasteiger partial charge in [0.15, 0.2) is 0 Å². The van der Waals surface area contributed by atoms with Gasteiger partial charge in [-0.15, -0.1) is 0 Å². The van der Waals surface area contributed by atoms with Crippen molar-refractivity contribution in [2.24, 2.45) is 11.3 Å². The highest BCUT2D eigenvalue weighted by Gasteiger charge is 2.43. The Morgan fingerprint density at radius 2 is 2.24 bits per heavy atom. The maximum absolute atomic E-state index is 12.4. The van der Waals surface area contributed by atoms with Crippen LogP contribution in [0.5, 0.6) is 0 Å². The Labute approximate surface area is 127 Å². The molecule has 0 aromatic heterocycles. The van der Waals surface area contributed by atoms with E-state index in [1.807, 2.05) is 4.90 Å². The first-order chi connectivity index (χ1) is 9.98. The maximum Gasteiger partial charge on any atom is 0.317 e. The van der Waals surface area contributed by atoms with Crippen LogP contribution < -0.4 is 10.6 Å². The number of rotatable bonds is 2. The van der Waals surface area contributed by atoms with E-state index in [9.17, 15) is 4.79 Å². The predicted octanol–water partition coefficient (Wildman–Crippen LogP) is 1.59. The van der Waals surface area contributed by atoms with E-state index in [-0.39, 0.29) is 11.6 Å². The van der Waals surface area contributed by atoms with Crippen molar-refractivity contribution in [1.29, 1.82) is 0 Å². The van der Waals surface area contributed by atoms with Crippen molar-refractivity contribution in [2.75, 3.05) is 39.3 Å². The van der Waals surface area contributed by atoms with Crippen LogP contribution >= 0.6 is 0 Å². The van der Waals surface area contributed by atoms with Crippen LogP contribution in [-0.2, 0) is 4.74 Å². The Hall–Kier alpha value is -0.810. The molecule has 1 aliphatic carbocycles. The quantitative estimate of drug-likeness (QED) is 0.813. The number of hydrogen-bond donors (Lipinski definition) is 2. The number of urea groups is 1. The molecule has 1 spiro atoms. The normalized spacial score (nSPS) is 30.8. The highest BCUT2D eigenvalue weighted by molar-refractivity contribution is 5.74. The van der Waals surface area contributed by atoms with Gasteiger partial charge in [0.25, 0.3) is 0 Å². The van der Waals surface area contributed by atoms with E-state index in [0.717, 1.165) is 26.2 Å². The minimum Gasteiger partial charge on any atom is -0.369 e. The highest BCUT2D eigenvalue weighted by Crippen LogP contribution is 2.38. The van der Waals surface area contributed by atoms with E-state index in [0.29, 0.717) is 24.5 Å². The van der Waals surface area contributed by atoms with Crippen LogP contribution in [0.15, 0.2) is 0 Å². The Morgan fingerprint density at radius 1 is 1.43 bits per heavy atom. The highest BCUT2D eigenvalue weighted by atomic mass is 16.5. The number of ether oxygens (including phenoxy) is 1. The van der Waals surface area contributed by atoms with Gasteiger partial charge in [-0.25, -0.2) is 4.79 Å². The predicted molar refractivity (Wildman–Crippen MR) is 82.3 cm³/mol. The minimum atomic E-state index is -0.109. The van der Waals surface area contributed by atoms with Gasteiger partial charge in [0, 0.05) is 26.2 Å². The van der Waals surface area contributed by atoms with Crippen LogP contribution in [0.1, 0.15) is 39.5 Å². The van der Waals surface area contributed by atoms with Gasteiger partial charge in [-0.3, -0.25) is 0 Å². The summed E-state index contributed by atoms with van der Waals surface area (Å²) in [5.74, 6) is 0.637. The van der Waals surface area contributed by atoms with Crippen molar-refractivity contribution >= 4 is 6.03 Å². The summed E-state index contributed by atoms with van der Waals surface area (Å²) in [6.07, 6.45) is 5.08.